The summed E-state index contributed by atoms with van der Waals surface area (Å²) in [5.74, 6) is -0.384. The van der Waals surface area contributed by atoms with E-state index in [0.29, 0.717) is 34.2 Å². The summed E-state index contributed by atoms with van der Waals surface area (Å²) in [5.41, 5.74) is 1.30. The second kappa shape index (κ2) is 10.4. The van der Waals surface area contributed by atoms with E-state index in [-0.39, 0.29) is 16.4 Å². The maximum atomic E-state index is 13.1. The molecule has 1 heterocycles. The van der Waals surface area contributed by atoms with Crippen molar-refractivity contribution in [2.24, 2.45) is 0 Å². The monoisotopic (exact) mass is 507 g/mol. The number of nitrogens with zero attached hydrogens (tertiary/aromatic N) is 1. The second-order valence-electron chi connectivity index (χ2n) is 7.53. The summed E-state index contributed by atoms with van der Waals surface area (Å²) in [4.78, 5) is 39.8. The first kappa shape index (κ1) is 24.6. The van der Waals surface area contributed by atoms with Crippen molar-refractivity contribution in [1.29, 1.82) is 0 Å². The van der Waals surface area contributed by atoms with Crippen LogP contribution in [0.5, 0.6) is 17.2 Å². The largest absolute Gasteiger partial charge is 0.497 e. The summed E-state index contributed by atoms with van der Waals surface area (Å²) >= 11 is 6.24. The lowest BCUT2D eigenvalue weighted by molar-refractivity contribution is -0.120. The lowest BCUT2D eigenvalue weighted by Gasteiger charge is -2.18. The van der Waals surface area contributed by atoms with Gasteiger partial charge in [-0.2, -0.15) is 0 Å². The molecule has 3 aromatic rings. The van der Waals surface area contributed by atoms with Crippen molar-refractivity contribution >= 4 is 46.4 Å². The van der Waals surface area contributed by atoms with Gasteiger partial charge in [0.25, 0.3) is 17.7 Å². The van der Waals surface area contributed by atoms with Crippen LogP contribution in [0.2, 0.25) is 0 Å². The minimum absolute atomic E-state index is 0.109. The van der Waals surface area contributed by atoms with E-state index in [4.69, 9.17) is 25.8 Å². The first-order valence-electron chi connectivity index (χ1n) is 10.7. The number of rotatable bonds is 8. The SMILES string of the molecule is COc1ccc(NC(=O)c2cccc(NC3=C(Cl)C(=O)N(c4ccccc4OC)C3=O)c2)c(OC)c1. The molecule has 0 radical (unpaired) electrons. The molecule has 0 spiro atoms. The van der Waals surface area contributed by atoms with Crippen LogP contribution in [0.4, 0.5) is 17.1 Å². The Morgan fingerprint density at radius 3 is 2.31 bits per heavy atom. The number of para-hydroxylation sites is 2. The number of hydrogen-bond acceptors (Lipinski definition) is 7. The van der Waals surface area contributed by atoms with E-state index in [0.717, 1.165) is 4.90 Å². The summed E-state index contributed by atoms with van der Waals surface area (Å²) in [6.07, 6.45) is 0. The number of nitrogens with one attached hydrogen (secondary N) is 2. The summed E-state index contributed by atoms with van der Waals surface area (Å²) in [6.45, 7) is 0. The Kier molecular flexibility index (Phi) is 7.12. The third kappa shape index (κ3) is 4.69. The van der Waals surface area contributed by atoms with Gasteiger partial charge in [0, 0.05) is 17.3 Å². The smallest absolute Gasteiger partial charge is 0.283 e. The average molecular weight is 508 g/mol. The minimum Gasteiger partial charge on any atom is -0.497 e. The van der Waals surface area contributed by atoms with Crippen molar-refractivity contribution in [2.75, 3.05) is 36.9 Å². The Bertz CT molecular complexity index is 1390. The van der Waals surface area contributed by atoms with Crippen molar-refractivity contribution in [3.05, 3.63) is 83.0 Å². The molecule has 9 nitrogen and oxygen atoms in total. The molecule has 36 heavy (non-hydrogen) atoms. The average Bonchev–Trinajstić information content (AvgIpc) is 3.11. The fourth-order valence-electron chi connectivity index (χ4n) is 3.62. The number of anilines is 3. The van der Waals surface area contributed by atoms with Crippen LogP contribution in [0.15, 0.2) is 77.5 Å². The van der Waals surface area contributed by atoms with E-state index >= 15 is 0 Å². The van der Waals surface area contributed by atoms with E-state index in [1.807, 2.05) is 0 Å². The van der Waals surface area contributed by atoms with E-state index in [1.54, 1.807) is 60.7 Å². The van der Waals surface area contributed by atoms with Crippen LogP contribution in [0, 0.1) is 0 Å². The predicted molar refractivity (Wildman–Crippen MR) is 136 cm³/mol. The number of amides is 3. The summed E-state index contributed by atoms with van der Waals surface area (Å²) in [5, 5.41) is 5.39. The molecule has 0 aliphatic carbocycles. The molecule has 3 aromatic carbocycles. The van der Waals surface area contributed by atoms with Gasteiger partial charge in [0.2, 0.25) is 0 Å². The van der Waals surface area contributed by atoms with Gasteiger partial charge < -0.3 is 24.8 Å². The molecule has 2 N–H and O–H groups in total. The van der Waals surface area contributed by atoms with Crippen molar-refractivity contribution in [3.8, 4) is 17.2 Å². The van der Waals surface area contributed by atoms with Gasteiger partial charge in [-0.3, -0.25) is 14.4 Å². The molecule has 0 unspecified atom stereocenters. The molecule has 3 amide bonds. The number of carbonyl (C=O) groups is 3. The zero-order valence-corrected chi connectivity index (χ0v) is 20.4. The van der Waals surface area contributed by atoms with Crippen LogP contribution in [0.25, 0.3) is 0 Å². The van der Waals surface area contributed by atoms with Crippen molar-refractivity contribution in [1.82, 2.24) is 0 Å². The van der Waals surface area contributed by atoms with E-state index in [9.17, 15) is 14.4 Å². The van der Waals surface area contributed by atoms with Gasteiger partial charge in [0.1, 0.15) is 28.0 Å². The Hall–Kier alpha value is -4.50. The number of benzene rings is 3. The first-order valence-corrected chi connectivity index (χ1v) is 11.1. The third-order valence-corrected chi connectivity index (χ3v) is 5.76. The molecule has 0 fully saturated rings. The lowest BCUT2D eigenvalue weighted by atomic mass is 10.1. The molecule has 0 bridgehead atoms. The third-order valence-electron chi connectivity index (χ3n) is 5.40. The quantitative estimate of drug-likeness (QED) is 0.435. The maximum absolute atomic E-state index is 13.1. The molecule has 0 saturated heterocycles. The number of halogens is 1. The number of methoxy groups -OCH3 is 3. The molecule has 184 valence electrons. The molecular formula is C26H22ClN3O6. The van der Waals surface area contributed by atoms with Crippen molar-refractivity contribution in [3.63, 3.8) is 0 Å². The number of ether oxygens (including phenoxy) is 3. The molecule has 0 saturated carbocycles. The molecule has 10 heteroatoms. The highest BCUT2D eigenvalue weighted by atomic mass is 35.5. The Labute approximate surface area is 212 Å². The van der Waals surface area contributed by atoms with Gasteiger partial charge in [-0.1, -0.05) is 29.8 Å². The highest BCUT2D eigenvalue weighted by Crippen LogP contribution is 2.35. The Morgan fingerprint density at radius 2 is 1.58 bits per heavy atom. The molecule has 0 atom stereocenters. The van der Waals surface area contributed by atoms with Crippen LogP contribution in [0.3, 0.4) is 0 Å². The zero-order chi connectivity index (χ0) is 25.8. The fourth-order valence-corrected chi connectivity index (χ4v) is 3.84. The van der Waals surface area contributed by atoms with Gasteiger partial charge in [-0.25, -0.2) is 4.90 Å². The molecule has 1 aliphatic rings. The number of imide groups is 1. The molecular weight excluding hydrogens is 486 g/mol. The Balaban J connectivity index is 1.55. The van der Waals surface area contributed by atoms with Crippen molar-refractivity contribution in [2.45, 2.75) is 0 Å². The number of hydrogen-bond donors (Lipinski definition) is 2. The maximum Gasteiger partial charge on any atom is 0.283 e. The van der Waals surface area contributed by atoms with Crippen LogP contribution in [-0.4, -0.2) is 39.1 Å². The highest BCUT2D eigenvalue weighted by Gasteiger charge is 2.40. The van der Waals surface area contributed by atoms with Gasteiger partial charge in [0.15, 0.2) is 0 Å². The molecule has 0 aromatic heterocycles. The van der Waals surface area contributed by atoms with E-state index in [1.165, 1.54) is 27.4 Å². The molecule has 4 rings (SSSR count). The highest BCUT2D eigenvalue weighted by molar-refractivity contribution is 6.53. The zero-order valence-electron chi connectivity index (χ0n) is 19.6. The minimum atomic E-state index is -0.686. The van der Waals surface area contributed by atoms with Crippen molar-refractivity contribution < 1.29 is 28.6 Å². The Morgan fingerprint density at radius 1 is 0.833 bits per heavy atom. The van der Waals surface area contributed by atoms with E-state index < -0.39 is 17.7 Å². The summed E-state index contributed by atoms with van der Waals surface area (Å²) in [6, 6.07) is 18.0. The van der Waals surface area contributed by atoms with Gasteiger partial charge in [0.05, 0.1) is 32.7 Å². The number of carbonyl (C=O) groups excluding carboxylic acids is 3. The standard InChI is InChI=1S/C26H22ClN3O6/c1-34-17-11-12-18(21(14-17)36-3)29-24(31)15-7-6-8-16(13-15)28-23-22(27)25(32)30(26(23)33)19-9-4-5-10-20(19)35-2/h4-14,28H,1-3H3,(H,29,31). The normalized spacial score (nSPS) is 13.1. The topological polar surface area (TPSA) is 106 Å². The van der Waals surface area contributed by atoms with Crippen LogP contribution < -0.4 is 29.7 Å². The fraction of sp³-hybridized carbons (Fsp3) is 0.115. The first-order chi connectivity index (χ1) is 17.4. The summed E-state index contributed by atoms with van der Waals surface area (Å²) in [7, 11) is 4.46. The van der Waals surface area contributed by atoms with Gasteiger partial charge >= 0.3 is 0 Å². The van der Waals surface area contributed by atoms with Gasteiger partial charge in [-0.05, 0) is 42.5 Å². The second-order valence-corrected chi connectivity index (χ2v) is 7.91. The summed E-state index contributed by atoms with van der Waals surface area (Å²) < 4.78 is 15.8. The lowest BCUT2D eigenvalue weighted by Crippen LogP contribution is -2.32. The van der Waals surface area contributed by atoms with Crippen LogP contribution in [0.1, 0.15) is 10.4 Å². The van der Waals surface area contributed by atoms with Crippen LogP contribution in [-0.2, 0) is 9.59 Å². The van der Waals surface area contributed by atoms with E-state index in [2.05, 4.69) is 10.6 Å². The van der Waals surface area contributed by atoms with Gasteiger partial charge in [-0.15, -0.1) is 0 Å². The van der Waals surface area contributed by atoms with Crippen LogP contribution >= 0.6 is 11.6 Å². The molecule has 1 aliphatic heterocycles. The predicted octanol–water partition coefficient (Wildman–Crippen LogP) is 4.40.